The lowest BCUT2D eigenvalue weighted by Gasteiger charge is -2.17. The van der Waals surface area contributed by atoms with Gasteiger partial charge in [0.05, 0.1) is 62.1 Å². The SMILES string of the molecule is N#Cc1ccc2c3ccccc3n(-c3ccc(-c4ccccc4-n4c5ccccc5c5ccc(-n6c7ccccc7c7ccccc76)cc54)c(C#N)c3)c2c1. The highest BCUT2D eigenvalue weighted by molar-refractivity contribution is 6.13. The fourth-order valence-electron chi connectivity index (χ4n) is 8.77. The van der Waals surface area contributed by atoms with E-state index in [0.29, 0.717) is 11.1 Å². The predicted molar refractivity (Wildman–Crippen MR) is 224 cm³/mol. The van der Waals surface area contributed by atoms with Gasteiger partial charge in [0.2, 0.25) is 0 Å². The van der Waals surface area contributed by atoms with Crippen molar-refractivity contribution in [2.24, 2.45) is 0 Å². The van der Waals surface area contributed by atoms with E-state index in [1.54, 1.807) is 0 Å². The van der Waals surface area contributed by atoms with Gasteiger partial charge >= 0.3 is 0 Å². The standard InChI is InChI=1S/C50H29N5/c51-30-32-21-24-42-40-14-4-8-18-46(40)54(49(42)27-32)34-22-25-36(33(28-34)31-52)37-11-1-9-19-47(37)55-48-20-10-5-15-41(48)43-26-23-35(29-50(43)55)53-44-16-6-2-12-38(44)39-13-3-7-17-45(39)53/h1-29H. The topological polar surface area (TPSA) is 62.4 Å². The van der Waals surface area contributed by atoms with Crippen molar-refractivity contribution in [1.82, 2.24) is 13.7 Å². The van der Waals surface area contributed by atoms with Gasteiger partial charge in [0.1, 0.15) is 0 Å². The van der Waals surface area contributed by atoms with Crippen LogP contribution >= 0.6 is 0 Å². The molecule has 3 heterocycles. The third kappa shape index (κ3) is 4.45. The molecule has 55 heavy (non-hydrogen) atoms. The summed E-state index contributed by atoms with van der Waals surface area (Å²) in [6.45, 7) is 0. The van der Waals surface area contributed by atoms with Crippen molar-refractivity contribution in [3.63, 3.8) is 0 Å². The molecule has 8 aromatic carbocycles. The average molecular weight is 700 g/mol. The van der Waals surface area contributed by atoms with Crippen LogP contribution in [-0.4, -0.2) is 13.7 Å². The van der Waals surface area contributed by atoms with E-state index >= 15 is 0 Å². The summed E-state index contributed by atoms with van der Waals surface area (Å²) in [6.07, 6.45) is 0. The van der Waals surface area contributed by atoms with Crippen LogP contribution < -0.4 is 0 Å². The smallest absolute Gasteiger partial charge is 0.0998 e. The van der Waals surface area contributed by atoms with Gasteiger partial charge in [0, 0.05) is 54.8 Å². The molecule has 254 valence electrons. The fraction of sp³-hybridized carbons (Fsp3) is 0. The second-order valence-electron chi connectivity index (χ2n) is 14.0. The van der Waals surface area contributed by atoms with Gasteiger partial charge in [-0.1, -0.05) is 109 Å². The molecular formula is C50H29N5. The molecule has 0 aliphatic rings. The zero-order chi connectivity index (χ0) is 36.6. The van der Waals surface area contributed by atoms with Crippen molar-refractivity contribution in [2.45, 2.75) is 0 Å². The number of rotatable bonds is 4. The molecule has 0 aliphatic heterocycles. The lowest BCUT2D eigenvalue weighted by atomic mass is 9.97. The van der Waals surface area contributed by atoms with E-state index in [9.17, 15) is 10.5 Å². The molecule has 0 spiro atoms. The van der Waals surface area contributed by atoms with Crippen LogP contribution in [0.5, 0.6) is 0 Å². The molecule has 3 aromatic heterocycles. The molecule has 0 saturated carbocycles. The Balaban J connectivity index is 1.14. The molecule has 0 unspecified atom stereocenters. The Morgan fingerprint density at radius 3 is 1.38 bits per heavy atom. The molecular weight excluding hydrogens is 671 g/mol. The van der Waals surface area contributed by atoms with Crippen LogP contribution in [-0.2, 0) is 0 Å². The average Bonchev–Trinajstić information content (AvgIpc) is 3.88. The molecule has 0 aliphatic carbocycles. The van der Waals surface area contributed by atoms with E-state index in [4.69, 9.17) is 0 Å². The Morgan fingerprint density at radius 1 is 0.327 bits per heavy atom. The van der Waals surface area contributed by atoms with Gasteiger partial charge in [-0.25, -0.2) is 0 Å². The third-order valence-electron chi connectivity index (χ3n) is 11.1. The summed E-state index contributed by atoms with van der Waals surface area (Å²) >= 11 is 0. The molecule has 5 heteroatoms. The maximum Gasteiger partial charge on any atom is 0.0998 e. The van der Waals surface area contributed by atoms with Crippen molar-refractivity contribution in [3.8, 4) is 40.3 Å². The number of hydrogen-bond donors (Lipinski definition) is 0. The van der Waals surface area contributed by atoms with Crippen molar-refractivity contribution in [1.29, 1.82) is 10.5 Å². The first kappa shape index (κ1) is 30.7. The number of fused-ring (bicyclic) bond motifs is 9. The van der Waals surface area contributed by atoms with Crippen molar-refractivity contribution >= 4 is 65.4 Å². The van der Waals surface area contributed by atoms with E-state index in [-0.39, 0.29) is 0 Å². The normalized spacial score (nSPS) is 11.6. The van der Waals surface area contributed by atoms with Gasteiger partial charge in [-0.2, -0.15) is 10.5 Å². The first-order chi connectivity index (χ1) is 27.2. The van der Waals surface area contributed by atoms with Gasteiger partial charge in [-0.3, -0.25) is 0 Å². The molecule has 0 N–H and O–H groups in total. The molecule has 0 fully saturated rings. The largest absolute Gasteiger partial charge is 0.309 e. The summed E-state index contributed by atoms with van der Waals surface area (Å²) in [5, 5.41) is 27.5. The van der Waals surface area contributed by atoms with Crippen LogP contribution in [0.4, 0.5) is 0 Å². The van der Waals surface area contributed by atoms with Gasteiger partial charge in [-0.05, 0) is 66.7 Å². The van der Waals surface area contributed by atoms with E-state index in [2.05, 4.69) is 159 Å². The molecule has 5 nitrogen and oxygen atoms in total. The first-order valence-corrected chi connectivity index (χ1v) is 18.3. The highest BCUT2D eigenvalue weighted by Gasteiger charge is 2.20. The number of nitriles is 2. The molecule has 0 bridgehead atoms. The molecule has 11 aromatic rings. The molecule has 0 radical (unpaired) electrons. The van der Waals surface area contributed by atoms with Gasteiger partial charge < -0.3 is 13.7 Å². The van der Waals surface area contributed by atoms with Crippen molar-refractivity contribution < 1.29 is 0 Å². The monoisotopic (exact) mass is 699 g/mol. The van der Waals surface area contributed by atoms with Crippen LogP contribution in [0, 0.1) is 22.7 Å². The summed E-state index contributed by atoms with van der Waals surface area (Å²) in [6, 6.07) is 65.9. The van der Waals surface area contributed by atoms with Crippen LogP contribution in [0.15, 0.2) is 176 Å². The maximum absolute atomic E-state index is 10.8. The van der Waals surface area contributed by atoms with Gasteiger partial charge in [0.15, 0.2) is 0 Å². The minimum absolute atomic E-state index is 0.569. The number of nitrogens with zero attached hydrogens (tertiary/aromatic N) is 5. The molecule has 0 atom stereocenters. The molecule has 0 amide bonds. The van der Waals surface area contributed by atoms with E-state index in [0.717, 1.165) is 77.4 Å². The number of hydrogen-bond acceptors (Lipinski definition) is 2. The Hall–Kier alpha value is -7.86. The third-order valence-corrected chi connectivity index (χ3v) is 11.1. The van der Waals surface area contributed by atoms with Gasteiger partial charge in [-0.15, -0.1) is 0 Å². The minimum Gasteiger partial charge on any atom is -0.309 e. The Morgan fingerprint density at radius 2 is 0.782 bits per heavy atom. The zero-order valence-corrected chi connectivity index (χ0v) is 29.5. The zero-order valence-electron chi connectivity index (χ0n) is 29.5. The molecule has 0 saturated heterocycles. The number of aromatic nitrogens is 3. The Labute approximate surface area is 316 Å². The summed E-state index contributed by atoms with van der Waals surface area (Å²) < 4.78 is 6.87. The highest BCUT2D eigenvalue weighted by atomic mass is 15.0. The summed E-state index contributed by atoms with van der Waals surface area (Å²) in [5.41, 5.74) is 12.4. The number of para-hydroxylation sites is 5. The lowest BCUT2D eigenvalue weighted by Crippen LogP contribution is -2.00. The predicted octanol–water partition coefficient (Wildman–Crippen LogP) is 12.4. The quantitative estimate of drug-likeness (QED) is 0.184. The number of benzene rings is 8. The second-order valence-corrected chi connectivity index (χ2v) is 14.0. The van der Waals surface area contributed by atoms with Crippen LogP contribution in [0.25, 0.3) is 93.6 Å². The van der Waals surface area contributed by atoms with Crippen LogP contribution in [0.1, 0.15) is 11.1 Å². The minimum atomic E-state index is 0.569. The lowest BCUT2D eigenvalue weighted by molar-refractivity contribution is 1.15. The maximum atomic E-state index is 10.8. The summed E-state index contributed by atoms with van der Waals surface area (Å²) in [4.78, 5) is 0. The van der Waals surface area contributed by atoms with E-state index < -0.39 is 0 Å². The summed E-state index contributed by atoms with van der Waals surface area (Å²) in [7, 11) is 0. The first-order valence-electron chi connectivity index (χ1n) is 18.3. The van der Waals surface area contributed by atoms with Gasteiger partial charge in [0.25, 0.3) is 0 Å². The van der Waals surface area contributed by atoms with Crippen molar-refractivity contribution in [3.05, 3.63) is 187 Å². The van der Waals surface area contributed by atoms with Crippen LogP contribution in [0.3, 0.4) is 0 Å². The summed E-state index contributed by atoms with van der Waals surface area (Å²) in [5.74, 6) is 0. The fourth-order valence-corrected chi connectivity index (χ4v) is 8.77. The Bertz CT molecular complexity index is 3420. The second kappa shape index (κ2) is 11.8. The highest BCUT2D eigenvalue weighted by Crippen LogP contribution is 2.40. The van der Waals surface area contributed by atoms with E-state index in [1.165, 1.54) is 16.2 Å². The van der Waals surface area contributed by atoms with Crippen molar-refractivity contribution in [2.75, 3.05) is 0 Å². The molecule has 11 rings (SSSR count). The van der Waals surface area contributed by atoms with E-state index in [1.807, 2.05) is 42.5 Å². The van der Waals surface area contributed by atoms with Crippen LogP contribution in [0.2, 0.25) is 0 Å². The Kier molecular flexibility index (Phi) is 6.61.